The molecule has 7 heteroatoms. The number of aromatic nitrogens is 4. The molecule has 7 nitrogen and oxygen atoms in total. The second-order valence-electron chi connectivity index (χ2n) is 5.14. The van der Waals surface area contributed by atoms with Gasteiger partial charge in [0.1, 0.15) is 17.9 Å². The number of nitrogens with zero attached hydrogens (tertiary/aromatic N) is 4. The van der Waals surface area contributed by atoms with Crippen LogP contribution in [0.1, 0.15) is 26.2 Å². The van der Waals surface area contributed by atoms with Gasteiger partial charge < -0.3 is 15.0 Å². The third-order valence-electron chi connectivity index (χ3n) is 4.05. The predicted molar refractivity (Wildman–Crippen MR) is 73.5 cm³/mol. The van der Waals surface area contributed by atoms with Crippen molar-refractivity contribution < 1.29 is 9.90 Å². The van der Waals surface area contributed by atoms with Gasteiger partial charge in [0.05, 0.1) is 6.33 Å². The van der Waals surface area contributed by atoms with Gasteiger partial charge >= 0.3 is 5.97 Å². The number of H-pyrrole nitrogens is 1. The number of aromatic amines is 1. The van der Waals surface area contributed by atoms with E-state index in [1.807, 2.05) is 4.90 Å². The Hall–Kier alpha value is -2.18. The SMILES string of the molecule is CCC1CCN(c2ncnc3nc[nH]c23)C(C(=O)O)C1. The summed E-state index contributed by atoms with van der Waals surface area (Å²) in [5, 5.41) is 9.50. The third kappa shape index (κ3) is 2.09. The van der Waals surface area contributed by atoms with Gasteiger partial charge in [-0.05, 0) is 18.8 Å². The van der Waals surface area contributed by atoms with Crippen molar-refractivity contribution in [2.45, 2.75) is 32.2 Å². The first kappa shape index (κ1) is 12.8. The highest BCUT2D eigenvalue weighted by molar-refractivity contribution is 5.86. The predicted octanol–water partition coefficient (Wildman–Crippen LogP) is 1.43. The van der Waals surface area contributed by atoms with Gasteiger partial charge in [0.25, 0.3) is 0 Å². The van der Waals surface area contributed by atoms with Gasteiger partial charge in [-0.15, -0.1) is 0 Å². The number of carboxylic acid groups (broad SMARTS) is 1. The lowest BCUT2D eigenvalue weighted by molar-refractivity contribution is -0.139. The van der Waals surface area contributed by atoms with Gasteiger partial charge in [-0.25, -0.2) is 19.7 Å². The number of rotatable bonds is 3. The first-order valence-electron chi connectivity index (χ1n) is 6.84. The van der Waals surface area contributed by atoms with Crippen LogP contribution in [0.4, 0.5) is 5.82 Å². The second kappa shape index (κ2) is 5.07. The molecule has 0 radical (unpaired) electrons. The van der Waals surface area contributed by atoms with Crippen LogP contribution < -0.4 is 4.90 Å². The van der Waals surface area contributed by atoms with Crippen molar-refractivity contribution in [1.82, 2.24) is 19.9 Å². The van der Waals surface area contributed by atoms with E-state index in [2.05, 4.69) is 26.9 Å². The van der Waals surface area contributed by atoms with E-state index in [0.717, 1.165) is 12.8 Å². The molecular formula is C13H17N5O2. The Balaban J connectivity index is 1.99. The molecule has 2 aromatic rings. The first-order valence-corrected chi connectivity index (χ1v) is 6.84. The summed E-state index contributed by atoms with van der Waals surface area (Å²) in [4.78, 5) is 28.9. The average molecular weight is 275 g/mol. The van der Waals surface area contributed by atoms with Gasteiger partial charge in [0.2, 0.25) is 0 Å². The summed E-state index contributed by atoms with van der Waals surface area (Å²) in [5.74, 6) is 0.301. The van der Waals surface area contributed by atoms with E-state index in [1.165, 1.54) is 6.33 Å². The minimum atomic E-state index is -0.797. The van der Waals surface area contributed by atoms with Gasteiger partial charge in [0, 0.05) is 6.54 Å². The lowest BCUT2D eigenvalue weighted by Crippen LogP contribution is -2.47. The minimum Gasteiger partial charge on any atom is -0.480 e. The van der Waals surface area contributed by atoms with Gasteiger partial charge in [-0.3, -0.25) is 0 Å². The molecule has 0 amide bonds. The zero-order valence-corrected chi connectivity index (χ0v) is 11.3. The number of carbonyl (C=O) groups is 1. The minimum absolute atomic E-state index is 0.464. The number of hydrogen-bond acceptors (Lipinski definition) is 5. The smallest absolute Gasteiger partial charge is 0.326 e. The standard InChI is InChI=1S/C13H17N5O2/c1-2-8-3-4-18(9(5-8)13(19)20)12-10-11(15-6-14-10)16-7-17-12/h6-9H,2-5H2,1H3,(H,19,20)(H,14,15,16,17). The summed E-state index contributed by atoms with van der Waals surface area (Å²) >= 11 is 0. The van der Waals surface area contributed by atoms with Crippen LogP contribution in [0, 0.1) is 5.92 Å². The van der Waals surface area contributed by atoms with Crippen LogP contribution in [0.2, 0.25) is 0 Å². The second-order valence-corrected chi connectivity index (χ2v) is 5.14. The highest BCUT2D eigenvalue weighted by atomic mass is 16.4. The first-order chi connectivity index (χ1) is 9.70. The van der Waals surface area contributed by atoms with Crippen molar-refractivity contribution in [3.63, 3.8) is 0 Å². The molecule has 0 saturated carbocycles. The normalized spacial score (nSPS) is 23.1. The Morgan fingerprint density at radius 1 is 1.50 bits per heavy atom. The number of imidazole rings is 1. The number of carboxylic acids is 1. The van der Waals surface area contributed by atoms with Crippen LogP contribution in [0.25, 0.3) is 11.2 Å². The Bertz CT molecular complexity index is 626. The van der Waals surface area contributed by atoms with Gasteiger partial charge in [-0.1, -0.05) is 13.3 Å². The topological polar surface area (TPSA) is 95.0 Å². The van der Waals surface area contributed by atoms with Crippen molar-refractivity contribution in [1.29, 1.82) is 0 Å². The van der Waals surface area contributed by atoms with Gasteiger partial charge in [-0.2, -0.15) is 0 Å². The number of piperidine rings is 1. The molecule has 0 aliphatic carbocycles. The van der Waals surface area contributed by atoms with Gasteiger partial charge in [0.15, 0.2) is 11.5 Å². The number of aliphatic carboxylic acids is 1. The van der Waals surface area contributed by atoms with Crippen molar-refractivity contribution in [2.75, 3.05) is 11.4 Å². The lowest BCUT2D eigenvalue weighted by atomic mass is 9.89. The summed E-state index contributed by atoms with van der Waals surface area (Å²) in [6.45, 7) is 2.80. The van der Waals surface area contributed by atoms with Crippen LogP contribution >= 0.6 is 0 Å². The maximum Gasteiger partial charge on any atom is 0.326 e. The molecule has 106 valence electrons. The number of fused-ring (bicyclic) bond motifs is 1. The van der Waals surface area contributed by atoms with Crippen molar-refractivity contribution >= 4 is 23.0 Å². The van der Waals surface area contributed by atoms with Crippen molar-refractivity contribution in [2.24, 2.45) is 5.92 Å². The van der Waals surface area contributed by atoms with E-state index in [0.29, 0.717) is 35.9 Å². The molecular weight excluding hydrogens is 258 g/mol. The Kier molecular flexibility index (Phi) is 3.25. The molecule has 2 N–H and O–H groups in total. The molecule has 0 spiro atoms. The summed E-state index contributed by atoms with van der Waals surface area (Å²) in [6, 6.07) is -0.532. The molecule has 2 atom stereocenters. The zero-order valence-electron chi connectivity index (χ0n) is 11.3. The highest BCUT2D eigenvalue weighted by Gasteiger charge is 2.34. The van der Waals surface area contributed by atoms with Crippen LogP contribution in [0.15, 0.2) is 12.7 Å². The van der Waals surface area contributed by atoms with Crippen LogP contribution in [-0.4, -0.2) is 43.6 Å². The lowest BCUT2D eigenvalue weighted by Gasteiger charge is -2.37. The number of anilines is 1. The van der Waals surface area contributed by atoms with E-state index in [4.69, 9.17) is 0 Å². The summed E-state index contributed by atoms with van der Waals surface area (Å²) in [7, 11) is 0. The molecule has 1 aliphatic rings. The maximum atomic E-state index is 11.6. The number of hydrogen-bond donors (Lipinski definition) is 2. The van der Waals surface area contributed by atoms with Crippen LogP contribution in [0.5, 0.6) is 0 Å². The molecule has 3 rings (SSSR count). The zero-order chi connectivity index (χ0) is 14.1. The Morgan fingerprint density at radius 2 is 2.35 bits per heavy atom. The molecule has 1 saturated heterocycles. The average Bonchev–Trinajstić information content (AvgIpc) is 2.95. The Morgan fingerprint density at radius 3 is 3.10 bits per heavy atom. The molecule has 0 aromatic carbocycles. The Labute approximate surface area is 116 Å². The quantitative estimate of drug-likeness (QED) is 0.880. The summed E-state index contributed by atoms with van der Waals surface area (Å²) in [5.41, 5.74) is 1.27. The van der Waals surface area contributed by atoms with Crippen LogP contribution in [-0.2, 0) is 4.79 Å². The van der Waals surface area contributed by atoms with E-state index in [9.17, 15) is 9.90 Å². The highest BCUT2D eigenvalue weighted by Crippen LogP contribution is 2.31. The fourth-order valence-corrected chi connectivity index (χ4v) is 2.87. The fraction of sp³-hybridized carbons (Fsp3) is 0.538. The number of nitrogens with one attached hydrogen (secondary N) is 1. The summed E-state index contributed by atoms with van der Waals surface area (Å²) < 4.78 is 0. The maximum absolute atomic E-state index is 11.6. The molecule has 2 unspecified atom stereocenters. The molecule has 0 bridgehead atoms. The molecule has 3 heterocycles. The van der Waals surface area contributed by atoms with E-state index in [1.54, 1.807) is 6.33 Å². The molecule has 20 heavy (non-hydrogen) atoms. The monoisotopic (exact) mass is 275 g/mol. The van der Waals surface area contributed by atoms with E-state index in [-0.39, 0.29) is 0 Å². The van der Waals surface area contributed by atoms with Crippen molar-refractivity contribution in [3.05, 3.63) is 12.7 Å². The molecule has 1 fully saturated rings. The largest absolute Gasteiger partial charge is 0.480 e. The van der Waals surface area contributed by atoms with E-state index >= 15 is 0 Å². The van der Waals surface area contributed by atoms with Crippen molar-refractivity contribution in [3.8, 4) is 0 Å². The molecule has 2 aromatic heterocycles. The molecule has 1 aliphatic heterocycles. The van der Waals surface area contributed by atoms with Crippen LogP contribution in [0.3, 0.4) is 0 Å². The summed E-state index contributed by atoms with van der Waals surface area (Å²) in [6.07, 6.45) is 5.65. The third-order valence-corrected chi connectivity index (χ3v) is 4.05. The van der Waals surface area contributed by atoms with E-state index < -0.39 is 12.0 Å². The fourth-order valence-electron chi connectivity index (χ4n) is 2.87.